The van der Waals surface area contributed by atoms with Crippen molar-refractivity contribution in [3.05, 3.63) is 30.3 Å². The van der Waals surface area contributed by atoms with Crippen LogP contribution in [0.1, 0.15) is 26.7 Å². The highest BCUT2D eigenvalue weighted by Gasteiger charge is 2.33. The first-order valence-electron chi connectivity index (χ1n) is 6.36. The Kier molecular flexibility index (Phi) is 4.71. The molecule has 1 saturated heterocycles. The van der Waals surface area contributed by atoms with Crippen LogP contribution in [0, 0.1) is 0 Å². The van der Waals surface area contributed by atoms with Crippen molar-refractivity contribution in [2.24, 2.45) is 0 Å². The van der Waals surface area contributed by atoms with E-state index < -0.39 is 10.8 Å². The number of carbonyl (C=O) groups excluding carboxylic acids is 1. The van der Waals surface area contributed by atoms with Gasteiger partial charge in [-0.15, -0.1) is 0 Å². The molecule has 1 aliphatic heterocycles. The van der Waals surface area contributed by atoms with Gasteiger partial charge in [-0.25, -0.2) is 0 Å². The highest BCUT2D eigenvalue weighted by Crippen LogP contribution is 2.26. The Morgan fingerprint density at radius 2 is 2.00 bits per heavy atom. The second-order valence-corrected chi connectivity index (χ2v) is 6.20. The summed E-state index contributed by atoms with van der Waals surface area (Å²) in [5.41, 5.74) is -0.329. The molecule has 19 heavy (non-hydrogen) atoms. The summed E-state index contributed by atoms with van der Waals surface area (Å²) in [7, 11) is -1.18. The van der Waals surface area contributed by atoms with E-state index in [0.29, 0.717) is 12.8 Å². The fourth-order valence-corrected chi connectivity index (χ4v) is 3.52. The minimum absolute atomic E-state index is 0.227. The summed E-state index contributed by atoms with van der Waals surface area (Å²) in [6.45, 7) is 3.24. The molecular formula is C14H18O4S. The monoisotopic (exact) mass is 282 g/mol. The van der Waals surface area contributed by atoms with Gasteiger partial charge in [-0.3, -0.25) is 9.00 Å². The van der Waals surface area contributed by atoms with Crippen LogP contribution in [-0.2, 0) is 25.1 Å². The zero-order chi connectivity index (χ0) is 13.8. The van der Waals surface area contributed by atoms with E-state index in [9.17, 15) is 9.00 Å². The molecule has 4 atom stereocenters. The Hall–Kier alpha value is -1.20. The number of rotatable bonds is 3. The van der Waals surface area contributed by atoms with Crippen molar-refractivity contribution >= 4 is 16.8 Å². The highest BCUT2D eigenvalue weighted by molar-refractivity contribution is 7.85. The quantitative estimate of drug-likeness (QED) is 0.798. The van der Waals surface area contributed by atoms with E-state index in [4.69, 9.17) is 9.47 Å². The lowest BCUT2D eigenvalue weighted by Crippen LogP contribution is -2.41. The van der Waals surface area contributed by atoms with Crippen LogP contribution in [0.15, 0.2) is 35.2 Å². The van der Waals surface area contributed by atoms with Crippen molar-refractivity contribution in [2.75, 3.05) is 0 Å². The van der Waals surface area contributed by atoms with Crippen LogP contribution in [0.4, 0.5) is 0 Å². The standard InChI is InChI=1S/C14H18O4S/c1-10-13(18-11(2)15)8-9-14(17-10)19(16)12-6-4-3-5-7-12/h3-7,10,13-14H,8-9H2,1-2H3. The minimum atomic E-state index is -1.18. The number of hydrogen-bond donors (Lipinski definition) is 0. The largest absolute Gasteiger partial charge is 0.460 e. The first-order chi connectivity index (χ1) is 9.08. The summed E-state index contributed by atoms with van der Waals surface area (Å²) < 4.78 is 23.3. The van der Waals surface area contributed by atoms with Crippen LogP contribution in [0.2, 0.25) is 0 Å². The van der Waals surface area contributed by atoms with Crippen molar-refractivity contribution < 1.29 is 18.5 Å². The molecule has 5 heteroatoms. The molecule has 4 unspecified atom stereocenters. The summed E-state index contributed by atoms with van der Waals surface area (Å²) in [6.07, 6.45) is 0.852. The van der Waals surface area contributed by atoms with Gasteiger partial charge in [0, 0.05) is 11.8 Å². The van der Waals surface area contributed by atoms with Crippen LogP contribution >= 0.6 is 0 Å². The normalized spacial score (nSPS) is 28.6. The van der Waals surface area contributed by atoms with E-state index in [2.05, 4.69) is 0 Å². The molecule has 0 radical (unpaired) electrons. The molecule has 0 aromatic heterocycles. The first-order valence-corrected chi connectivity index (χ1v) is 7.57. The number of hydrogen-bond acceptors (Lipinski definition) is 4. The van der Waals surface area contributed by atoms with E-state index in [1.54, 1.807) is 0 Å². The van der Waals surface area contributed by atoms with E-state index in [0.717, 1.165) is 4.90 Å². The molecule has 0 bridgehead atoms. The third-order valence-electron chi connectivity index (χ3n) is 3.11. The lowest BCUT2D eigenvalue weighted by Gasteiger charge is -2.33. The van der Waals surface area contributed by atoms with Gasteiger partial charge < -0.3 is 9.47 Å². The number of esters is 1. The van der Waals surface area contributed by atoms with Gasteiger partial charge in [-0.2, -0.15) is 0 Å². The first kappa shape index (κ1) is 14.2. The molecule has 1 heterocycles. The van der Waals surface area contributed by atoms with Gasteiger partial charge in [-0.1, -0.05) is 18.2 Å². The SMILES string of the molecule is CC(=O)OC1CCC(S(=O)c2ccccc2)OC1C. The molecule has 0 N–H and O–H groups in total. The molecule has 0 spiro atoms. The predicted octanol–water partition coefficient (Wildman–Crippen LogP) is 2.25. The Bertz CT molecular complexity index is 460. The summed E-state index contributed by atoms with van der Waals surface area (Å²) >= 11 is 0. The highest BCUT2D eigenvalue weighted by atomic mass is 32.2. The molecule has 1 aromatic rings. The molecule has 4 nitrogen and oxygen atoms in total. The average Bonchev–Trinajstić information content (AvgIpc) is 2.41. The van der Waals surface area contributed by atoms with Gasteiger partial charge >= 0.3 is 5.97 Å². The van der Waals surface area contributed by atoms with Gasteiger partial charge in [-0.05, 0) is 31.9 Å². The smallest absolute Gasteiger partial charge is 0.302 e. The fraction of sp³-hybridized carbons (Fsp3) is 0.500. The average molecular weight is 282 g/mol. The van der Waals surface area contributed by atoms with Gasteiger partial charge in [0.1, 0.15) is 11.5 Å². The minimum Gasteiger partial charge on any atom is -0.460 e. The second-order valence-electron chi connectivity index (χ2n) is 4.61. The Morgan fingerprint density at radius 1 is 1.32 bits per heavy atom. The van der Waals surface area contributed by atoms with Crippen LogP contribution in [0.25, 0.3) is 0 Å². The van der Waals surface area contributed by atoms with E-state index in [-0.39, 0.29) is 23.6 Å². The Morgan fingerprint density at radius 3 is 2.58 bits per heavy atom. The zero-order valence-electron chi connectivity index (χ0n) is 11.1. The molecule has 1 aliphatic rings. The van der Waals surface area contributed by atoms with Crippen LogP contribution < -0.4 is 0 Å². The number of benzene rings is 1. The summed E-state index contributed by atoms with van der Waals surface area (Å²) in [5, 5.41) is 0. The Balaban J connectivity index is 1.98. The number of ether oxygens (including phenoxy) is 2. The summed E-state index contributed by atoms with van der Waals surface area (Å²) in [6, 6.07) is 9.29. The zero-order valence-corrected chi connectivity index (χ0v) is 11.9. The summed E-state index contributed by atoms with van der Waals surface area (Å²) in [4.78, 5) is 11.7. The molecule has 2 rings (SSSR count). The Labute approximate surface area is 115 Å². The lowest BCUT2D eigenvalue weighted by molar-refractivity contribution is -0.161. The third-order valence-corrected chi connectivity index (χ3v) is 4.67. The van der Waals surface area contributed by atoms with Crippen LogP contribution in [0.3, 0.4) is 0 Å². The van der Waals surface area contributed by atoms with Crippen molar-refractivity contribution in [1.29, 1.82) is 0 Å². The van der Waals surface area contributed by atoms with E-state index in [1.165, 1.54) is 6.92 Å². The predicted molar refractivity (Wildman–Crippen MR) is 72.0 cm³/mol. The molecule has 0 aliphatic carbocycles. The molecular weight excluding hydrogens is 264 g/mol. The maximum Gasteiger partial charge on any atom is 0.302 e. The number of carbonyl (C=O) groups is 1. The fourth-order valence-electron chi connectivity index (χ4n) is 2.16. The van der Waals surface area contributed by atoms with E-state index in [1.807, 2.05) is 37.3 Å². The molecule has 0 saturated carbocycles. The molecule has 1 aromatic carbocycles. The molecule has 1 fully saturated rings. The lowest BCUT2D eigenvalue weighted by atomic mass is 10.1. The summed E-state index contributed by atoms with van der Waals surface area (Å²) in [5.74, 6) is -0.303. The molecule has 0 amide bonds. The van der Waals surface area contributed by atoms with Crippen LogP contribution in [-0.4, -0.2) is 27.8 Å². The van der Waals surface area contributed by atoms with Crippen LogP contribution in [0.5, 0.6) is 0 Å². The second kappa shape index (κ2) is 6.30. The van der Waals surface area contributed by atoms with Gasteiger partial charge in [0.2, 0.25) is 0 Å². The van der Waals surface area contributed by atoms with Crippen molar-refractivity contribution in [1.82, 2.24) is 0 Å². The third kappa shape index (κ3) is 3.64. The van der Waals surface area contributed by atoms with Gasteiger partial charge in [0.15, 0.2) is 0 Å². The van der Waals surface area contributed by atoms with E-state index >= 15 is 0 Å². The van der Waals surface area contributed by atoms with Crippen molar-refractivity contribution in [3.8, 4) is 0 Å². The van der Waals surface area contributed by atoms with Crippen molar-refractivity contribution in [3.63, 3.8) is 0 Å². The topological polar surface area (TPSA) is 52.6 Å². The van der Waals surface area contributed by atoms with Crippen molar-refractivity contribution in [2.45, 2.75) is 49.2 Å². The van der Waals surface area contributed by atoms with Gasteiger partial charge in [0.05, 0.1) is 16.9 Å². The van der Waals surface area contributed by atoms with Gasteiger partial charge in [0.25, 0.3) is 0 Å². The molecule has 104 valence electrons. The maximum atomic E-state index is 12.4. The maximum absolute atomic E-state index is 12.4.